The fourth-order valence-corrected chi connectivity index (χ4v) is 2.33. The Bertz CT molecular complexity index is 258. The lowest BCUT2D eigenvalue weighted by molar-refractivity contribution is 0.407. The van der Waals surface area contributed by atoms with Crippen molar-refractivity contribution in [3.63, 3.8) is 0 Å². The Morgan fingerprint density at radius 2 is 1.79 bits per heavy atom. The Hall–Kier alpha value is -0.370. The first-order chi connectivity index (χ1) is 6.61. The molecular formula is C12H18BrN. The molecule has 0 aliphatic carbocycles. The summed E-state index contributed by atoms with van der Waals surface area (Å²) in [5.41, 5.74) is 1.36. The third-order valence-electron chi connectivity index (χ3n) is 2.80. The summed E-state index contributed by atoms with van der Waals surface area (Å²) in [6.45, 7) is 6.84. The molecule has 0 N–H and O–H groups in total. The summed E-state index contributed by atoms with van der Waals surface area (Å²) in [5.74, 6) is 1.42. The lowest BCUT2D eigenvalue weighted by Gasteiger charge is -2.21. The number of rotatable bonds is 4. The third-order valence-corrected chi connectivity index (χ3v) is 3.96. The van der Waals surface area contributed by atoms with Gasteiger partial charge in [-0.15, -0.1) is 0 Å². The number of halogens is 1. The van der Waals surface area contributed by atoms with Crippen LogP contribution in [0.25, 0.3) is 0 Å². The molecule has 1 aromatic rings. The molecule has 0 spiro atoms. The van der Waals surface area contributed by atoms with Crippen LogP contribution in [0, 0.1) is 11.8 Å². The normalized spacial score (nSPS) is 15.5. The van der Waals surface area contributed by atoms with Crippen LogP contribution in [0.4, 0.5) is 0 Å². The molecule has 1 aromatic heterocycles. The van der Waals surface area contributed by atoms with Gasteiger partial charge in [0.2, 0.25) is 0 Å². The largest absolute Gasteiger partial charge is 0.265 e. The fraction of sp³-hybridized carbons (Fsp3) is 0.583. The standard InChI is InChI=1S/C12H18BrN/c1-9(2)10(3)12(13)8-11-4-6-14-7-5-11/h4-7,9-10,12H,8H2,1-3H3. The van der Waals surface area contributed by atoms with E-state index in [4.69, 9.17) is 0 Å². The molecule has 0 aliphatic heterocycles. The van der Waals surface area contributed by atoms with Crippen molar-refractivity contribution < 1.29 is 0 Å². The van der Waals surface area contributed by atoms with E-state index in [1.165, 1.54) is 5.56 Å². The van der Waals surface area contributed by atoms with Crippen molar-refractivity contribution in [1.29, 1.82) is 0 Å². The summed E-state index contributed by atoms with van der Waals surface area (Å²) in [6.07, 6.45) is 4.80. The van der Waals surface area contributed by atoms with Gasteiger partial charge in [-0.1, -0.05) is 36.7 Å². The molecule has 0 radical (unpaired) electrons. The zero-order valence-corrected chi connectivity index (χ0v) is 10.7. The molecule has 0 amide bonds. The van der Waals surface area contributed by atoms with Gasteiger partial charge in [0, 0.05) is 17.2 Å². The van der Waals surface area contributed by atoms with Crippen LogP contribution in [0.1, 0.15) is 26.3 Å². The van der Waals surface area contributed by atoms with Crippen LogP contribution in [0.3, 0.4) is 0 Å². The zero-order chi connectivity index (χ0) is 10.6. The maximum absolute atomic E-state index is 4.02. The smallest absolute Gasteiger partial charge is 0.0270 e. The summed E-state index contributed by atoms with van der Waals surface area (Å²) in [4.78, 5) is 4.58. The van der Waals surface area contributed by atoms with Crippen molar-refractivity contribution in [1.82, 2.24) is 4.98 Å². The second-order valence-corrected chi connectivity index (χ2v) is 5.35. The molecule has 78 valence electrons. The zero-order valence-electron chi connectivity index (χ0n) is 9.07. The molecular weight excluding hydrogens is 238 g/mol. The first kappa shape index (κ1) is 11.7. The van der Waals surface area contributed by atoms with E-state index in [0.29, 0.717) is 10.7 Å². The van der Waals surface area contributed by atoms with Crippen molar-refractivity contribution in [2.24, 2.45) is 11.8 Å². The Balaban J connectivity index is 2.53. The van der Waals surface area contributed by atoms with Crippen LogP contribution in [0.2, 0.25) is 0 Å². The number of hydrogen-bond acceptors (Lipinski definition) is 1. The first-order valence-corrected chi connectivity index (χ1v) is 6.05. The number of hydrogen-bond donors (Lipinski definition) is 0. The predicted octanol–water partition coefficient (Wildman–Crippen LogP) is 3.68. The Morgan fingerprint density at radius 3 is 2.29 bits per heavy atom. The molecule has 1 rings (SSSR count). The van der Waals surface area contributed by atoms with Gasteiger partial charge in [-0.2, -0.15) is 0 Å². The minimum atomic E-state index is 0.560. The van der Waals surface area contributed by atoms with E-state index in [1.54, 1.807) is 0 Å². The minimum absolute atomic E-state index is 0.560. The van der Waals surface area contributed by atoms with Gasteiger partial charge in [-0.05, 0) is 36.0 Å². The van der Waals surface area contributed by atoms with Gasteiger partial charge in [-0.3, -0.25) is 4.98 Å². The first-order valence-electron chi connectivity index (χ1n) is 5.14. The highest BCUT2D eigenvalue weighted by Crippen LogP contribution is 2.24. The van der Waals surface area contributed by atoms with Crippen molar-refractivity contribution in [2.75, 3.05) is 0 Å². The number of alkyl halides is 1. The van der Waals surface area contributed by atoms with E-state index in [0.717, 1.165) is 12.3 Å². The molecule has 0 saturated heterocycles. The maximum atomic E-state index is 4.02. The lowest BCUT2D eigenvalue weighted by atomic mass is 9.91. The minimum Gasteiger partial charge on any atom is -0.265 e. The summed E-state index contributed by atoms with van der Waals surface area (Å²) in [6, 6.07) is 4.17. The quantitative estimate of drug-likeness (QED) is 0.749. The van der Waals surface area contributed by atoms with E-state index in [2.05, 4.69) is 53.8 Å². The molecule has 0 aliphatic rings. The van der Waals surface area contributed by atoms with E-state index in [9.17, 15) is 0 Å². The van der Waals surface area contributed by atoms with Gasteiger partial charge < -0.3 is 0 Å². The summed E-state index contributed by atoms with van der Waals surface area (Å²) < 4.78 is 0. The molecule has 1 heterocycles. The predicted molar refractivity (Wildman–Crippen MR) is 64.7 cm³/mol. The van der Waals surface area contributed by atoms with Crippen molar-refractivity contribution >= 4 is 15.9 Å². The summed E-state index contributed by atoms with van der Waals surface area (Å²) in [7, 11) is 0. The average Bonchev–Trinajstić information content (AvgIpc) is 2.18. The monoisotopic (exact) mass is 255 g/mol. The van der Waals surface area contributed by atoms with Crippen LogP contribution in [-0.4, -0.2) is 9.81 Å². The summed E-state index contributed by atoms with van der Waals surface area (Å²) in [5, 5.41) is 0. The topological polar surface area (TPSA) is 12.9 Å². The molecule has 14 heavy (non-hydrogen) atoms. The number of pyridine rings is 1. The van der Waals surface area contributed by atoms with Crippen LogP contribution in [0.5, 0.6) is 0 Å². The van der Waals surface area contributed by atoms with Crippen molar-refractivity contribution in [3.05, 3.63) is 30.1 Å². The van der Waals surface area contributed by atoms with E-state index >= 15 is 0 Å². The lowest BCUT2D eigenvalue weighted by Crippen LogP contribution is -2.19. The van der Waals surface area contributed by atoms with Crippen LogP contribution in [-0.2, 0) is 6.42 Å². The molecule has 0 aromatic carbocycles. The second-order valence-electron chi connectivity index (χ2n) is 4.18. The van der Waals surface area contributed by atoms with Gasteiger partial charge in [-0.25, -0.2) is 0 Å². The highest BCUT2D eigenvalue weighted by Gasteiger charge is 2.17. The molecule has 0 saturated carbocycles. The highest BCUT2D eigenvalue weighted by molar-refractivity contribution is 9.09. The highest BCUT2D eigenvalue weighted by atomic mass is 79.9. The molecule has 1 nitrogen and oxygen atoms in total. The Labute approximate surface area is 95.1 Å². The van der Waals surface area contributed by atoms with Gasteiger partial charge in [0.25, 0.3) is 0 Å². The maximum Gasteiger partial charge on any atom is 0.0270 e. The fourth-order valence-electron chi connectivity index (χ4n) is 1.35. The molecule has 2 heteroatoms. The van der Waals surface area contributed by atoms with Crippen molar-refractivity contribution in [2.45, 2.75) is 32.0 Å². The second kappa shape index (κ2) is 5.50. The van der Waals surface area contributed by atoms with Gasteiger partial charge >= 0.3 is 0 Å². The van der Waals surface area contributed by atoms with E-state index in [-0.39, 0.29) is 0 Å². The SMILES string of the molecule is CC(C)C(C)C(Br)Cc1ccncc1. The van der Waals surface area contributed by atoms with Crippen molar-refractivity contribution in [3.8, 4) is 0 Å². The molecule has 2 unspecified atom stereocenters. The van der Waals surface area contributed by atoms with Crippen LogP contribution >= 0.6 is 15.9 Å². The molecule has 2 atom stereocenters. The molecule has 0 bridgehead atoms. The van der Waals surface area contributed by atoms with E-state index in [1.807, 2.05) is 12.4 Å². The molecule has 0 fully saturated rings. The van der Waals surface area contributed by atoms with Gasteiger partial charge in [0.15, 0.2) is 0 Å². The number of aromatic nitrogens is 1. The Morgan fingerprint density at radius 1 is 1.21 bits per heavy atom. The van der Waals surface area contributed by atoms with Crippen LogP contribution < -0.4 is 0 Å². The van der Waals surface area contributed by atoms with Crippen LogP contribution in [0.15, 0.2) is 24.5 Å². The van der Waals surface area contributed by atoms with Gasteiger partial charge in [0.1, 0.15) is 0 Å². The summed E-state index contributed by atoms with van der Waals surface area (Å²) >= 11 is 3.76. The Kier molecular flexibility index (Phi) is 4.59. The third kappa shape index (κ3) is 3.41. The average molecular weight is 256 g/mol. The number of nitrogens with zero attached hydrogens (tertiary/aromatic N) is 1. The van der Waals surface area contributed by atoms with E-state index < -0.39 is 0 Å². The van der Waals surface area contributed by atoms with Gasteiger partial charge in [0.05, 0.1) is 0 Å².